The van der Waals surface area contributed by atoms with Gasteiger partial charge >= 0.3 is 12.1 Å². The van der Waals surface area contributed by atoms with Crippen LogP contribution in [0.4, 0.5) is 13.2 Å². The quantitative estimate of drug-likeness (QED) is 0.191. The highest BCUT2D eigenvalue weighted by atomic mass is 35.5. The van der Waals surface area contributed by atoms with Crippen LogP contribution in [0.1, 0.15) is 27.0 Å². The number of rotatable bonds is 9. The molecule has 42 heavy (non-hydrogen) atoms. The summed E-state index contributed by atoms with van der Waals surface area (Å²) in [4.78, 5) is 38.4. The Kier molecular flexibility index (Phi) is 9.44. The molecular formula is C32H24ClF3N2O4. The van der Waals surface area contributed by atoms with E-state index in [4.69, 9.17) is 11.6 Å². The second-order valence-electron chi connectivity index (χ2n) is 9.27. The Labute approximate surface area is 244 Å². The summed E-state index contributed by atoms with van der Waals surface area (Å²) in [6, 6.07) is 25.0. The lowest BCUT2D eigenvalue weighted by Gasteiger charge is -2.17. The SMILES string of the molecule is O=C(N[C@H](Cc1ccc(Cl)cc1)C(=O)O)/C(=C/c1cccc(C(F)(F)F)c1)NC(=O)c1ccc(-c2ccccc2)cc1. The zero-order valence-corrected chi connectivity index (χ0v) is 22.6. The number of carbonyl (C=O) groups excluding carboxylic acids is 2. The molecule has 0 aliphatic rings. The van der Waals surface area contributed by atoms with Crippen molar-refractivity contribution in [2.24, 2.45) is 0 Å². The lowest BCUT2D eigenvalue weighted by molar-refractivity contribution is -0.141. The fraction of sp³-hybridized carbons (Fsp3) is 0.0938. The Bertz CT molecular complexity index is 1600. The molecule has 4 aromatic rings. The summed E-state index contributed by atoms with van der Waals surface area (Å²) in [6.07, 6.45) is -3.69. The molecule has 214 valence electrons. The molecule has 0 spiro atoms. The van der Waals surface area contributed by atoms with Crippen molar-refractivity contribution in [3.63, 3.8) is 0 Å². The number of halogens is 4. The van der Waals surface area contributed by atoms with Gasteiger partial charge in [-0.3, -0.25) is 9.59 Å². The zero-order chi connectivity index (χ0) is 30.3. The summed E-state index contributed by atoms with van der Waals surface area (Å²) in [5.74, 6) is -3.06. The molecule has 0 aromatic heterocycles. The van der Waals surface area contributed by atoms with Crippen LogP contribution in [0, 0.1) is 0 Å². The third-order valence-corrected chi connectivity index (χ3v) is 6.48. The summed E-state index contributed by atoms with van der Waals surface area (Å²) in [5.41, 5.74) is 1.09. The van der Waals surface area contributed by atoms with E-state index < -0.39 is 41.3 Å². The Balaban J connectivity index is 1.62. The monoisotopic (exact) mass is 592 g/mol. The maximum atomic E-state index is 13.3. The van der Waals surface area contributed by atoms with Crippen LogP contribution in [0.15, 0.2) is 109 Å². The van der Waals surface area contributed by atoms with E-state index in [1.165, 1.54) is 18.2 Å². The molecule has 0 saturated heterocycles. The fourth-order valence-electron chi connectivity index (χ4n) is 4.06. The van der Waals surface area contributed by atoms with Crippen molar-refractivity contribution in [1.82, 2.24) is 10.6 Å². The highest BCUT2D eigenvalue weighted by Gasteiger charge is 2.30. The van der Waals surface area contributed by atoms with Crippen LogP contribution in [0.2, 0.25) is 5.02 Å². The molecule has 10 heteroatoms. The third kappa shape index (κ3) is 8.08. The highest BCUT2D eigenvalue weighted by molar-refractivity contribution is 6.30. The Morgan fingerprint density at radius 2 is 1.48 bits per heavy atom. The van der Waals surface area contributed by atoms with Gasteiger partial charge in [0.1, 0.15) is 11.7 Å². The summed E-state index contributed by atoms with van der Waals surface area (Å²) >= 11 is 5.89. The summed E-state index contributed by atoms with van der Waals surface area (Å²) in [5, 5.41) is 15.0. The fourth-order valence-corrected chi connectivity index (χ4v) is 4.19. The van der Waals surface area contributed by atoms with Crippen LogP contribution < -0.4 is 10.6 Å². The Hall–Kier alpha value is -4.89. The molecule has 6 nitrogen and oxygen atoms in total. The van der Waals surface area contributed by atoms with Gasteiger partial charge in [0.05, 0.1) is 5.56 Å². The lowest BCUT2D eigenvalue weighted by atomic mass is 10.0. The maximum absolute atomic E-state index is 13.3. The van der Waals surface area contributed by atoms with E-state index in [1.807, 2.05) is 30.3 Å². The molecule has 3 N–H and O–H groups in total. The van der Waals surface area contributed by atoms with Crippen LogP contribution in [-0.4, -0.2) is 28.9 Å². The van der Waals surface area contributed by atoms with Crippen molar-refractivity contribution in [3.8, 4) is 11.1 Å². The number of benzene rings is 4. The molecule has 4 rings (SSSR count). The molecule has 4 aromatic carbocycles. The molecule has 0 bridgehead atoms. The minimum atomic E-state index is -4.64. The van der Waals surface area contributed by atoms with Crippen molar-refractivity contribution in [2.75, 3.05) is 0 Å². The van der Waals surface area contributed by atoms with E-state index in [0.29, 0.717) is 10.6 Å². The first-order valence-electron chi connectivity index (χ1n) is 12.6. The summed E-state index contributed by atoms with van der Waals surface area (Å²) < 4.78 is 39.9. The third-order valence-electron chi connectivity index (χ3n) is 6.23. The van der Waals surface area contributed by atoms with Crippen molar-refractivity contribution in [1.29, 1.82) is 0 Å². The number of carboxylic acid groups (broad SMARTS) is 1. The molecule has 0 fully saturated rings. The average Bonchev–Trinajstić information content (AvgIpc) is 2.97. The number of aliphatic carboxylic acids is 1. The van der Waals surface area contributed by atoms with Gasteiger partial charge in [0.15, 0.2) is 0 Å². The summed E-state index contributed by atoms with van der Waals surface area (Å²) in [7, 11) is 0. The molecule has 0 heterocycles. The normalized spacial score (nSPS) is 12.3. The van der Waals surface area contributed by atoms with Crippen molar-refractivity contribution >= 4 is 35.5 Å². The minimum absolute atomic E-state index is 0.0284. The maximum Gasteiger partial charge on any atom is 0.416 e. The van der Waals surface area contributed by atoms with Crippen LogP contribution in [0.3, 0.4) is 0 Å². The average molecular weight is 593 g/mol. The largest absolute Gasteiger partial charge is 0.480 e. The molecule has 2 amide bonds. The lowest BCUT2D eigenvalue weighted by Crippen LogP contribution is -2.45. The van der Waals surface area contributed by atoms with Crippen molar-refractivity contribution in [2.45, 2.75) is 18.6 Å². The van der Waals surface area contributed by atoms with Gasteiger partial charge < -0.3 is 15.7 Å². The zero-order valence-electron chi connectivity index (χ0n) is 21.9. The predicted octanol–water partition coefficient (Wildman–Crippen LogP) is 6.61. The van der Waals surface area contributed by atoms with E-state index >= 15 is 0 Å². The van der Waals surface area contributed by atoms with Gasteiger partial charge in [-0.25, -0.2) is 4.79 Å². The van der Waals surface area contributed by atoms with Gasteiger partial charge in [0.25, 0.3) is 11.8 Å². The Morgan fingerprint density at radius 1 is 0.833 bits per heavy atom. The molecule has 0 unspecified atom stereocenters. The smallest absolute Gasteiger partial charge is 0.416 e. The number of alkyl halides is 3. The molecular weight excluding hydrogens is 569 g/mol. The standard InChI is InChI=1S/C32H24ClF3N2O4/c33-26-15-9-20(10-16-26)18-28(31(41)42)38-30(40)27(19-21-5-4-8-25(17-21)32(34,35)36)37-29(39)24-13-11-23(12-14-24)22-6-2-1-3-7-22/h1-17,19,28H,18H2,(H,37,39)(H,38,40)(H,41,42)/b27-19-/t28-/m1/s1. The Morgan fingerprint density at radius 3 is 2.10 bits per heavy atom. The number of carboxylic acids is 1. The molecule has 0 aliphatic carbocycles. The van der Waals surface area contributed by atoms with Gasteiger partial charge in [-0.15, -0.1) is 0 Å². The van der Waals surface area contributed by atoms with Gasteiger partial charge in [0, 0.05) is 17.0 Å². The predicted molar refractivity (Wildman–Crippen MR) is 153 cm³/mol. The number of hydrogen-bond acceptors (Lipinski definition) is 3. The van der Waals surface area contributed by atoms with E-state index in [9.17, 15) is 32.7 Å². The van der Waals surface area contributed by atoms with Gasteiger partial charge in [-0.2, -0.15) is 13.2 Å². The van der Waals surface area contributed by atoms with Crippen molar-refractivity contribution < 1.29 is 32.7 Å². The molecule has 0 saturated carbocycles. The van der Waals surface area contributed by atoms with E-state index in [0.717, 1.165) is 35.4 Å². The number of nitrogens with one attached hydrogen (secondary N) is 2. The first-order valence-corrected chi connectivity index (χ1v) is 13.0. The van der Waals surface area contributed by atoms with E-state index in [-0.39, 0.29) is 17.5 Å². The second-order valence-corrected chi connectivity index (χ2v) is 9.71. The first-order chi connectivity index (χ1) is 20.0. The molecule has 0 radical (unpaired) electrons. The van der Waals surface area contributed by atoms with Crippen LogP contribution in [0.5, 0.6) is 0 Å². The molecule has 0 aliphatic heterocycles. The second kappa shape index (κ2) is 13.2. The number of carbonyl (C=O) groups is 3. The van der Waals surface area contributed by atoms with Gasteiger partial charge in [-0.05, 0) is 64.7 Å². The first kappa shape index (κ1) is 30.1. The topological polar surface area (TPSA) is 95.5 Å². The van der Waals surface area contributed by atoms with Crippen LogP contribution in [-0.2, 0) is 22.2 Å². The number of hydrogen-bond donors (Lipinski definition) is 3. The minimum Gasteiger partial charge on any atom is -0.480 e. The number of amides is 2. The molecule has 1 atom stereocenters. The van der Waals surface area contributed by atoms with Gasteiger partial charge in [-0.1, -0.05) is 78.3 Å². The summed E-state index contributed by atoms with van der Waals surface area (Å²) in [6.45, 7) is 0. The van der Waals surface area contributed by atoms with Crippen molar-refractivity contribution in [3.05, 3.63) is 136 Å². The van der Waals surface area contributed by atoms with Gasteiger partial charge in [0.2, 0.25) is 0 Å². The highest BCUT2D eigenvalue weighted by Crippen LogP contribution is 2.30. The van der Waals surface area contributed by atoms with E-state index in [1.54, 1.807) is 36.4 Å². The van der Waals surface area contributed by atoms with Crippen LogP contribution in [0.25, 0.3) is 17.2 Å². The van der Waals surface area contributed by atoms with Crippen LogP contribution >= 0.6 is 11.6 Å². The van der Waals surface area contributed by atoms with E-state index in [2.05, 4.69) is 10.6 Å².